The number of fused-ring (bicyclic) bond motifs is 1. The number of ether oxygens (including phenoxy) is 1. The van der Waals surface area contributed by atoms with Crippen molar-refractivity contribution in [2.45, 2.75) is 32.4 Å². The van der Waals surface area contributed by atoms with Crippen LogP contribution in [-0.2, 0) is 9.53 Å². The zero-order valence-electron chi connectivity index (χ0n) is 15.3. The fourth-order valence-corrected chi connectivity index (χ4v) is 3.24. The summed E-state index contributed by atoms with van der Waals surface area (Å²) in [6, 6.07) is 13.1. The molecule has 6 heteroatoms. The Morgan fingerprint density at radius 1 is 1.08 bits per heavy atom. The predicted molar refractivity (Wildman–Crippen MR) is 101 cm³/mol. The number of carbonyl (C=O) groups is 2. The van der Waals surface area contributed by atoms with Gasteiger partial charge in [-0.2, -0.15) is 0 Å². The van der Waals surface area contributed by atoms with E-state index in [0.29, 0.717) is 13.1 Å². The van der Waals surface area contributed by atoms with Gasteiger partial charge in [-0.15, -0.1) is 0 Å². The van der Waals surface area contributed by atoms with Crippen molar-refractivity contribution in [3.63, 3.8) is 0 Å². The zero-order valence-corrected chi connectivity index (χ0v) is 15.3. The van der Waals surface area contributed by atoms with Gasteiger partial charge in [-0.05, 0) is 32.2 Å². The Morgan fingerprint density at radius 2 is 1.77 bits per heavy atom. The molecule has 2 aromatic rings. The number of carbonyl (C=O) groups excluding carboxylic acids is 1. The third kappa shape index (κ3) is 3.74. The summed E-state index contributed by atoms with van der Waals surface area (Å²) in [6.45, 7) is 6.39. The van der Waals surface area contributed by atoms with Gasteiger partial charge in [0.05, 0.1) is 0 Å². The molecule has 0 bridgehead atoms. The van der Waals surface area contributed by atoms with E-state index in [4.69, 9.17) is 4.74 Å². The molecular formula is C20H24N2O4. The molecule has 1 unspecified atom stereocenters. The normalized spacial score (nSPS) is 18.0. The minimum atomic E-state index is -1.03. The number of carboxylic acids is 1. The monoisotopic (exact) mass is 356 g/mol. The van der Waals surface area contributed by atoms with Crippen LogP contribution in [0.5, 0.6) is 0 Å². The Morgan fingerprint density at radius 3 is 2.46 bits per heavy atom. The highest BCUT2D eigenvalue weighted by molar-refractivity contribution is 5.94. The van der Waals surface area contributed by atoms with E-state index in [1.165, 1.54) is 4.90 Å². The van der Waals surface area contributed by atoms with Crippen molar-refractivity contribution < 1.29 is 19.4 Å². The van der Waals surface area contributed by atoms with Crippen LogP contribution >= 0.6 is 0 Å². The molecule has 0 spiro atoms. The molecule has 1 heterocycles. The third-order valence-corrected chi connectivity index (χ3v) is 4.40. The van der Waals surface area contributed by atoms with Gasteiger partial charge in [-0.25, -0.2) is 9.59 Å². The molecule has 1 aliphatic rings. The van der Waals surface area contributed by atoms with Crippen LogP contribution in [0.2, 0.25) is 0 Å². The van der Waals surface area contributed by atoms with Crippen LogP contribution in [-0.4, -0.2) is 53.3 Å². The Bertz CT molecular complexity index is 823. The van der Waals surface area contributed by atoms with Crippen molar-refractivity contribution in [3.8, 4) is 0 Å². The lowest BCUT2D eigenvalue weighted by molar-refractivity contribution is -0.143. The number of hydrogen-bond donors (Lipinski definition) is 1. The summed E-state index contributed by atoms with van der Waals surface area (Å²) in [7, 11) is 0. The second-order valence-electron chi connectivity index (χ2n) is 7.47. The smallest absolute Gasteiger partial charge is 0.411 e. The first kappa shape index (κ1) is 18.0. The summed E-state index contributed by atoms with van der Waals surface area (Å²) in [6.07, 6.45) is -0.581. The number of hydrogen-bond acceptors (Lipinski definition) is 4. The van der Waals surface area contributed by atoms with E-state index in [0.717, 1.165) is 16.5 Å². The van der Waals surface area contributed by atoms with Gasteiger partial charge in [0.1, 0.15) is 11.6 Å². The lowest BCUT2D eigenvalue weighted by Crippen LogP contribution is -2.59. The van der Waals surface area contributed by atoms with Gasteiger partial charge in [0.25, 0.3) is 0 Å². The van der Waals surface area contributed by atoms with Crippen LogP contribution in [0.3, 0.4) is 0 Å². The first-order chi connectivity index (χ1) is 12.3. The molecule has 1 fully saturated rings. The average Bonchev–Trinajstić information content (AvgIpc) is 2.59. The molecule has 1 amide bonds. The van der Waals surface area contributed by atoms with Gasteiger partial charge in [-0.1, -0.05) is 36.4 Å². The number of benzene rings is 2. The van der Waals surface area contributed by atoms with Gasteiger partial charge in [0.15, 0.2) is 0 Å². The summed E-state index contributed by atoms with van der Waals surface area (Å²) in [4.78, 5) is 27.5. The number of amides is 1. The Labute approximate surface area is 153 Å². The molecule has 6 nitrogen and oxygen atoms in total. The first-order valence-corrected chi connectivity index (χ1v) is 8.71. The fraction of sp³-hybridized carbons (Fsp3) is 0.400. The zero-order chi connectivity index (χ0) is 18.9. The summed E-state index contributed by atoms with van der Waals surface area (Å²) >= 11 is 0. The maximum atomic E-state index is 12.4. The minimum Gasteiger partial charge on any atom is -0.480 e. The molecule has 1 aliphatic heterocycles. The predicted octanol–water partition coefficient (Wildman–Crippen LogP) is 3.35. The molecule has 0 aliphatic carbocycles. The van der Waals surface area contributed by atoms with Crippen molar-refractivity contribution in [3.05, 3.63) is 42.5 Å². The standard InChI is InChI=1S/C20H24N2O4/c1-20(2,3)26-19(25)22-12-11-21(13-17(22)18(23)24)16-10-6-8-14-7-4-5-9-15(14)16/h4-10,17H,11-13H2,1-3H3,(H,23,24). The topological polar surface area (TPSA) is 70.1 Å². The molecule has 1 saturated heterocycles. The highest BCUT2D eigenvalue weighted by Crippen LogP contribution is 2.29. The van der Waals surface area contributed by atoms with Gasteiger partial charge in [0.2, 0.25) is 0 Å². The third-order valence-electron chi connectivity index (χ3n) is 4.40. The number of rotatable bonds is 2. The Balaban J connectivity index is 1.86. The molecule has 1 N–H and O–H groups in total. The second-order valence-corrected chi connectivity index (χ2v) is 7.47. The SMILES string of the molecule is CC(C)(C)OC(=O)N1CCN(c2cccc3ccccc23)CC1C(=O)O. The lowest BCUT2D eigenvalue weighted by Gasteiger charge is -2.41. The van der Waals surface area contributed by atoms with Crippen LogP contribution < -0.4 is 4.90 Å². The van der Waals surface area contributed by atoms with Crippen LogP contribution in [0.4, 0.5) is 10.5 Å². The van der Waals surface area contributed by atoms with Gasteiger partial charge < -0.3 is 14.7 Å². The summed E-state index contributed by atoms with van der Waals surface area (Å²) in [5.41, 5.74) is 0.325. The maximum Gasteiger partial charge on any atom is 0.411 e. The highest BCUT2D eigenvalue weighted by atomic mass is 16.6. The number of piperazine rings is 1. The number of nitrogens with zero attached hydrogens (tertiary/aromatic N) is 2. The Kier molecular flexibility index (Phi) is 4.76. The quantitative estimate of drug-likeness (QED) is 0.894. The van der Waals surface area contributed by atoms with Gasteiger partial charge >= 0.3 is 12.1 Å². The molecule has 0 saturated carbocycles. The molecule has 1 atom stereocenters. The molecule has 0 radical (unpaired) electrons. The van der Waals surface area contributed by atoms with E-state index in [9.17, 15) is 14.7 Å². The van der Waals surface area contributed by atoms with Crippen LogP contribution in [0.1, 0.15) is 20.8 Å². The first-order valence-electron chi connectivity index (χ1n) is 8.71. The summed E-state index contributed by atoms with van der Waals surface area (Å²) in [5, 5.41) is 11.8. The van der Waals surface area contributed by atoms with Gasteiger partial charge in [0, 0.05) is 30.7 Å². The van der Waals surface area contributed by atoms with E-state index in [1.807, 2.05) is 47.4 Å². The van der Waals surface area contributed by atoms with E-state index >= 15 is 0 Å². The van der Waals surface area contributed by atoms with Crippen molar-refractivity contribution in [1.82, 2.24) is 4.90 Å². The molecule has 26 heavy (non-hydrogen) atoms. The van der Waals surface area contributed by atoms with Crippen LogP contribution in [0, 0.1) is 0 Å². The average molecular weight is 356 g/mol. The molecule has 138 valence electrons. The molecule has 2 aromatic carbocycles. The minimum absolute atomic E-state index is 0.225. The fourth-order valence-electron chi connectivity index (χ4n) is 3.24. The van der Waals surface area contributed by atoms with Crippen molar-refractivity contribution in [2.24, 2.45) is 0 Å². The maximum absolute atomic E-state index is 12.4. The van der Waals surface area contributed by atoms with Crippen molar-refractivity contribution >= 4 is 28.5 Å². The van der Waals surface area contributed by atoms with Gasteiger partial charge in [-0.3, -0.25) is 4.90 Å². The van der Waals surface area contributed by atoms with Crippen molar-refractivity contribution in [1.29, 1.82) is 0 Å². The number of aliphatic carboxylic acids is 1. The van der Waals surface area contributed by atoms with E-state index < -0.39 is 23.7 Å². The number of anilines is 1. The van der Waals surface area contributed by atoms with Crippen LogP contribution in [0.25, 0.3) is 10.8 Å². The van der Waals surface area contributed by atoms with Crippen molar-refractivity contribution in [2.75, 3.05) is 24.5 Å². The molecule has 0 aromatic heterocycles. The molecular weight excluding hydrogens is 332 g/mol. The molecule has 3 rings (SSSR count). The Hall–Kier alpha value is -2.76. The highest BCUT2D eigenvalue weighted by Gasteiger charge is 2.37. The van der Waals surface area contributed by atoms with Crippen LogP contribution in [0.15, 0.2) is 42.5 Å². The van der Waals surface area contributed by atoms with E-state index in [1.54, 1.807) is 20.8 Å². The van der Waals surface area contributed by atoms with E-state index in [2.05, 4.69) is 0 Å². The summed E-state index contributed by atoms with van der Waals surface area (Å²) in [5.74, 6) is -1.03. The van der Waals surface area contributed by atoms with E-state index in [-0.39, 0.29) is 6.54 Å². The number of carboxylic acid groups (broad SMARTS) is 1. The summed E-state index contributed by atoms with van der Waals surface area (Å²) < 4.78 is 5.37. The largest absolute Gasteiger partial charge is 0.480 e. The lowest BCUT2D eigenvalue weighted by atomic mass is 10.1. The second kappa shape index (κ2) is 6.86.